The van der Waals surface area contributed by atoms with Crippen LogP contribution < -0.4 is 10.5 Å². The van der Waals surface area contributed by atoms with E-state index in [9.17, 15) is 13.2 Å². The van der Waals surface area contributed by atoms with Gasteiger partial charge in [0.25, 0.3) is 5.91 Å². The van der Waals surface area contributed by atoms with E-state index in [4.69, 9.17) is 5.14 Å². The molecule has 0 unspecified atom stereocenters. The molecular formula is C18H20N2O3S. The van der Waals surface area contributed by atoms with Crippen LogP contribution >= 0.6 is 0 Å². The molecule has 3 N–H and O–H groups in total. The van der Waals surface area contributed by atoms with Crippen LogP contribution in [0.4, 0.5) is 0 Å². The molecule has 0 radical (unpaired) electrons. The van der Waals surface area contributed by atoms with E-state index < -0.39 is 10.0 Å². The SMILES string of the molecule is Cc1ccc(CC2(NC(=O)c3ccc(S(N)(=O)=O)cc3)CC2)cc1. The van der Waals surface area contributed by atoms with Crippen LogP contribution in [0.25, 0.3) is 0 Å². The highest BCUT2D eigenvalue weighted by molar-refractivity contribution is 7.89. The van der Waals surface area contributed by atoms with Gasteiger partial charge in [0.2, 0.25) is 10.0 Å². The molecule has 126 valence electrons. The number of hydrogen-bond acceptors (Lipinski definition) is 3. The van der Waals surface area contributed by atoms with Crippen LogP contribution in [0.5, 0.6) is 0 Å². The Labute approximate surface area is 141 Å². The Morgan fingerprint density at radius 3 is 2.17 bits per heavy atom. The summed E-state index contributed by atoms with van der Waals surface area (Å²) in [6, 6.07) is 14.0. The summed E-state index contributed by atoms with van der Waals surface area (Å²) in [5.74, 6) is -0.194. The van der Waals surface area contributed by atoms with Crippen LogP contribution in [-0.2, 0) is 16.4 Å². The number of carbonyl (C=O) groups excluding carboxylic acids is 1. The van der Waals surface area contributed by atoms with Crippen LogP contribution in [0, 0.1) is 6.92 Å². The normalized spacial score (nSPS) is 15.8. The predicted molar refractivity (Wildman–Crippen MR) is 92.1 cm³/mol. The summed E-state index contributed by atoms with van der Waals surface area (Å²) in [5.41, 5.74) is 2.65. The molecule has 0 aliphatic heterocycles. The van der Waals surface area contributed by atoms with Crippen molar-refractivity contribution in [2.24, 2.45) is 5.14 Å². The molecule has 2 aromatic rings. The molecule has 0 saturated heterocycles. The lowest BCUT2D eigenvalue weighted by Gasteiger charge is -2.18. The van der Waals surface area contributed by atoms with E-state index in [-0.39, 0.29) is 16.3 Å². The van der Waals surface area contributed by atoms with Crippen molar-refractivity contribution in [3.8, 4) is 0 Å². The van der Waals surface area contributed by atoms with Gasteiger partial charge in [-0.05, 0) is 56.0 Å². The fourth-order valence-corrected chi connectivity index (χ4v) is 3.22. The molecule has 0 spiro atoms. The average molecular weight is 344 g/mol. The highest BCUT2D eigenvalue weighted by Crippen LogP contribution is 2.39. The number of aryl methyl sites for hydroxylation is 1. The first-order valence-electron chi connectivity index (χ1n) is 7.78. The van der Waals surface area contributed by atoms with Crippen LogP contribution in [0.1, 0.15) is 34.3 Å². The Hall–Kier alpha value is -2.18. The number of nitrogens with two attached hydrogens (primary N) is 1. The summed E-state index contributed by atoms with van der Waals surface area (Å²) in [5, 5.41) is 8.15. The number of rotatable bonds is 5. The van der Waals surface area contributed by atoms with E-state index >= 15 is 0 Å². The summed E-state index contributed by atoms with van der Waals surface area (Å²) in [6.07, 6.45) is 2.69. The third-order valence-electron chi connectivity index (χ3n) is 4.34. The van der Waals surface area contributed by atoms with E-state index in [1.807, 2.05) is 6.92 Å². The first kappa shape index (κ1) is 16.7. The molecule has 1 aliphatic carbocycles. The molecule has 1 fully saturated rings. The maximum Gasteiger partial charge on any atom is 0.251 e. The zero-order valence-electron chi connectivity index (χ0n) is 13.5. The topological polar surface area (TPSA) is 89.3 Å². The molecular weight excluding hydrogens is 324 g/mol. The Bertz CT molecular complexity index is 852. The van der Waals surface area contributed by atoms with Gasteiger partial charge in [-0.25, -0.2) is 13.6 Å². The van der Waals surface area contributed by atoms with Gasteiger partial charge >= 0.3 is 0 Å². The van der Waals surface area contributed by atoms with E-state index in [2.05, 4.69) is 29.6 Å². The molecule has 0 heterocycles. The highest BCUT2D eigenvalue weighted by Gasteiger charge is 2.43. The van der Waals surface area contributed by atoms with Gasteiger partial charge in [0.1, 0.15) is 0 Å². The van der Waals surface area contributed by atoms with Crippen molar-refractivity contribution in [3.63, 3.8) is 0 Å². The smallest absolute Gasteiger partial charge is 0.251 e. The molecule has 0 atom stereocenters. The van der Waals surface area contributed by atoms with Gasteiger partial charge in [-0.1, -0.05) is 29.8 Å². The standard InChI is InChI=1S/C18H20N2O3S/c1-13-2-4-14(5-3-13)12-18(10-11-18)20-17(21)15-6-8-16(9-7-15)24(19,22)23/h2-9H,10-12H2,1H3,(H,20,21)(H2,19,22,23). The third kappa shape index (κ3) is 3.83. The molecule has 1 aliphatic rings. The average Bonchev–Trinajstić information content (AvgIpc) is 3.28. The second-order valence-corrected chi connectivity index (χ2v) is 8.03. The number of carbonyl (C=O) groups is 1. The molecule has 0 bridgehead atoms. The third-order valence-corrected chi connectivity index (χ3v) is 5.27. The van der Waals surface area contributed by atoms with Crippen LogP contribution in [0.3, 0.4) is 0 Å². The number of sulfonamides is 1. The molecule has 1 saturated carbocycles. The van der Waals surface area contributed by atoms with Crippen molar-refractivity contribution >= 4 is 15.9 Å². The Morgan fingerprint density at radius 2 is 1.67 bits per heavy atom. The van der Waals surface area contributed by atoms with Gasteiger partial charge < -0.3 is 5.32 Å². The zero-order valence-corrected chi connectivity index (χ0v) is 14.3. The second kappa shape index (κ2) is 6.03. The van der Waals surface area contributed by atoms with Crippen LogP contribution in [-0.4, -0.2) is 19.9 Å². The Balaban J connectivity index is 1.69. The lowest BCUT2D eigenvalue weighted by atomic mass is 10.0. The van der Waals surface area contributed by atoms with Gasteiger partial charge in [0.05, 0.1) is 4.90 Å². The van der Waals surface area contributed by atoms with Crippen LogP contribution in [0.2, 0.25) is 0 Å². The van der Waals surface area contributed by atoms with Gasteiger partial charge in [0.15, 0.2) is 0 Å². The maximum atomic E-state index is 12.4. The Kier molecular flexibility index (Phi) is 4.19. The molecule has 5 nitrogen and oxygen atoms in total. The van der Waals surface area contributed by atoms with Gasteiger partial charge in [-0.15, -0.1) is 0 Å². The van der Waals surface area contributed by atoms with Crippen molar-refractivity contribution in [1.82, 2.24) is 5.32 Å². The largest absolute Gasteiger partial charge is 0.346 e. The first-order chi connectivity index (χ1) is 11.3. The van der Waals surface area contributed by atoms with Crippen molar-refractivity contribution in [2.75, 3.05) is 0 Å². The number of nitrogens with one attached hydrogen (secondary N) is 1. The predicted octanol–water partition coefficient (Wildman–Crippen LogP) is 2.15. The fraction of sp³-hybridized carbons (Fsp3) is 0.278. The highest BCUT2D eigenvalue weighted by atomic mass is 32.2. The molecule has 2 aromatic carbocycles. The Morgan fingerprint density at radius 1 is 1.08 bits per heavy atom. The summed E-state index contributed by atoms with van der Waals surface area (Å²) in [7, 11) is -3.74. The van der Waals surface area contributed by atoms with Gasteiger partial charge in [-0.3, -0.25) is 4.79 Å². The molecule has 3 rings (SSSR count). The van der Waals surface area contributed by atoms with E-state index in [0.29, 0.717) is 5.56 Å². The number of amides is 1. The minimum Gasteiger partial charge on any atom is -0.346 e. The second-order valence-electron chi connectivity index (χ2n) is 6.47. The molecule has 0 aromatic heterocycles. The zero-order chi connectivity index (χ0) is 17.4. The molecule has 1 amide bonds. The van der Waals surface area contributed by atoms with Crippen molar-refractivity contribution < 1.29 is 13.2 Å². The van der Waals surface area contributed by atoms with Crippen molar-refractivity contribution in [2.45, 2.75) is 36.6 Å². The lowest BCUT2D eigenvalue weighted by Crippen LogP contribution is -2.38. The minimum atomic E-state index is -3.74. The van der Waals surface area contributed by atoms with Gasteiger partial charge in [0, 0.05) is 11.1 Å². The first-order valence-corrected chi connectivity index (χ1v) is 9.33. The number of primary sulfonamides is 1. The van der Waals surface area contributed by atoms with E-state index in [1.54, 1.807) is 0 Å². The lowest BCUT2D eigenvalue weighted by molar-refractivity contribution is 0.0931. The number of benzene rings is 2. The van der Waals surface area contributed by atoms with Crippen LogP contribution in [0.15, 0.2) is 53.4 Å². The molecule has 24 heavy (non-hydrogen) atoms. The van der Waals surface area contributed by atoms with E-state index in [1.165, 1.54) is 35.4 Å². The quantitative estimate of drug-likeness (QED) is 0.871. The van der Waals surface area contributed by atoms with Gasteiger partial charge in [-0.2, -0.15) is 0 Å². The van der Waals surface area contributed by atoms with Crippen molar-refractivity contribution in [3.05, 3.63) is 65.2 Å². The number of hydrogen-bond donors (Lipinski definition) is 2. The summed E-state index contributed by atoms with van der Waals surface area (Å²) in [6.45, 7) is 2.05. The summed E-state index contributed by atoms with van der Waals surface area (Å²) < 4.78 is 22.5. The minimum absolute atomic E-state index is 0.000148. The van der Waals surface area contributed by atoms with Crippen molar-refractivity contribution in [1.29, 1.82) is 0 Å². The maximum absolute atomic E-state index is 12.4. The summed E-state index contributed by atoms with van der Waals surface area (Å²) in [4.78, 5) is 12.4. The monoisotopic (exact) mass is 344 g/mol. The summed E-state index contributed by atoms with van der Waals surface area (Å²) >= 11 is 0. The fourth-order valence-electron chi connectivity index (χ4n) is 2.70. The molecule has 6 heteroatoms. The van der Waals surface area contributed by atoms with E-state index in [0.717, 1.165) is 19.3 Å².